The van der Waals surface area contributed by atoms with Crippen LogP contribution < -0.4 is 0 Å². The number of H-pyrrole nitrogens is 1. The number of benzene rings is 1. The first kappa shape index (κ1) is 16.9. The highest BCUT2D eigenvalue weighted by Crippen LogP contribution is 2.28. The fourth-order valence-electron chi connectivity index (χ4n) is 3.26. The molecule has 0 aliphatic heterocycles. The Morgan fingerprint density at radius 3 is 2.92 bits per heavy atom. The third kappa shape index (κ3) is 3.31. The van der Waals surface area contributed by atoms with E-state index in [1.165, 1.54) is 29.8 Å². The summed E-state index contributed by atoms with van der Waals surface area (Å²) in [7, 11) is 0. The predicted molar refractivity (Wildman–Crippen MR) is 92.9 cm³/mol. The molecule has 7 nitrogen and oxygen atoms in total. The predicted octanol–water partition coefficient (Wildman–Crippen LogP) is 3.69. The number of carbonyl (C=O) groups excluding carboxylic acids is 1. The van der Waals surface area contributed by atoms with Crippen LogP contribution in [0.5, 0.6) is 0 Å². The van der Waals surface area contributed by atoms with E-state index in [-0.39, 0.29) is 11.3 Å². The molecule has 1 N–H and O–H groups in total. The number of carbonyl (C=O) groups is 1. The standard InChI is InChI=1S/C18H19N3O4/c1-3-14-11(2)19-15-8-5-9-16(17(14)15)20-25-18(22)12-6-4-7-13(10-12)21(23)24/h4,6-7,10,19H,3,5,8-9H2,1-2H3/b20-16+. The van der Waals surface area contributed by atoms with Crippen molar-refractivity contribution in [1.82, 2.24) is 4.98 Å². The second-order valence-electron chi connectivity index (χ2n) is 6.01. The minimum absolute atomic E-state index is 0.107. The summed E-state index contributed by atoms with van der Waals surface area (Å²) in [5, 5.41) is 14.9. The number of aromatic amines is 1. The lowest BCUT2D eigenvalue weighted by atomic mass is 9.92. The SMILES string of the molecule is CCc1c(C)[nH]c2c1/C(=N/OC(=O)c1cccc([N+](=O)[O-])c1)CCC2. The average molecular weight is 341 g/mol. The molecule has 1 aromatic carbocycles. The fourth-order valence-corrected chi connectivity index (χ4v) is 3.26. The number of nitrogens with zero attached hydrogens (tertiary/aromatic N) is 2. The maximum absolute atomic E-state index is 12.2. The monoisotopic (exact) mass is 341 g/mol. The van der Waals surface area contributed by atoms with E-state index >= 15 is 0 Å². The third-order valence-electron chi connectivity index (χ3n) is 4.41. The number of nitrogens with one attached hydrogen (secondary N) is 1. The summed E-state index contributed by atoms with van der Waals surface area (Å²) in [4.78, 5) is 30.9. The van der Waals surface area contributed by atoms with E-state index in [4.69, 9.17) is 4.84 Å². The van der Waals surface area contributed by atoms with Crippen LogP contribution in [-0.2, 0) is 17.7 Å². The van der Waals surface area contributed by atoms with Crippen LogP contribution in [0.25, 0.3) is 0 Å². The number of hydrogen-bond acceptors (Lipinski definition) is 5. The van der Waals surface area contributed by atoms with Crippen molar-refractivity contribution in [3.05, 3.63) is 62.5 Å². The normalized spacial score (nSPS) is 15.0. The average Bonchev–Trinajstić information content (AvgIpc) is 2.95. The number of hydrogen-bond donors (Lipinski definition) is 1. The van der Waals surface area contributed by atoms with Crippen LogP contribution in [0.1, 0.15) is 52.6 Å². The van der Waals surface area contributed by atoms with Gasteiger partial charge in [-0.05, 0) is 44.2 Å². The van der Waals surface area contributed by atoms with Gasteiger partial charge in [0.25, 0.3) is 5.69 Å². The van der Waals surface area contributed by atoms with E-state index in [1.807, 2.05) is 6.92 Å². The summed E-state index contributed by atoms with van der Waals surface area (Å²) >= 11 is 0. The number of nitro groups is 1. The van der Waals surface area contributed by atoms with Gasteiger partial charge in [-0.1, -0.05) is 18.1 Å². The Morgan fingerprint density at radius 2 is 2.20 bits per heavy atom. The molecule has 1 aliphatic rings. The number of aromatic nitrogens is 1. The van der Waals surface area contributed by atoms with Crippen molar-refractivity contribution < 1.29 is 14.6 Å². The van der Waals surface area contributed by atoms with Crippen molar-refractivity contribution in [3.63, 3.8) is 0 Å². The Kier molecular flexibility index (Phi) is 4.65. The molecule has 1 aliphatic carbocycles. The van der Waals surface area contributed by atoms with Gasteiger partial charge in [0.1, 0.15) is 0 Å². The Balaban J connectivity index is 1.85. The molecule has 0 spiro atoms. The van der Waals surface area contributed by atoms with E-state index in [0.717, 1.165) is 48.3 Å². The zero-order chi connectivity index (χ0) is 18.0. The van der Waals surface area contributed by atoms with Gasteiger partial charge >= 0.3 is 5.97 Å². The zero-order valence-electron chi connectivity index (χ0n) is 14.2. The third-order valence-corrected chi connectivity index (χ3v) is 4.41. The second-order valence-corrected chi connectivity index (χ2v) is 6.01. The largest absolute Gasteiger partial charge is 0.365 e. The summed E-state index contributed by atoms with van der Waals surface area (Å²) in [6.07, 6.45) is 3.49. The molecule has 25 heavy (non-hydrogen) atoms. The van der Waals surface area contributed by atoms with Gasteiger partial charge in [0.2, 0.25) is 0 Å². The number of oxime groups is 1. The van der Waals surface area contributed by atoms with Crippen molar-refractivity contribution in [1.29, 1.82) is 0 Å². The molecule has 0 fully saturated rings. The summed E-state index contributed by atoms with van der Waals surface area (Å²) < 4.78 is 0. The maximum atomic E-state index is 12.2. The van der Waals surface area contributed by atoms with E-state index in [2.05, 4.69) is 17.1 Å². The van der Waals surface area contributed by atoms with Gasteiger partial charge < -0.3 is 9.82 Å². The molecule has 0 saturated heterocycles. The lowest BCUT2D eigenvalue weighted by Crippen LogP contribution is -2.14. The molecule has 130 valence electrons. The van der Waals surface area contributed by atoms with Crippen molar-refractivity contribution >= 4 is 17.4 Å². The number of aryl methyl sites for hydroxylation is 2. The molecule has 0 saturated carbocycles. The lowest BCUT2D eigenvalue weighted by molar-refractivity contribution is -0.384. The first-order valence-electron chi connectivity index (χ1n) is 8.24. The van der Waals surface area contributed by atoms with Gasteiger partial charge in [0, 0.05) is 29.1 Å². The first-order chi connectivity index (χ1) is 12.0. The highest BCUT2D eigenvalue weighted by atomic mass is 16.7. The summed E-state index contributed by atoms with van der Waals surface area (Å²) in [6, 6.07) is 5.43. The molecule has 0 atom stereocenters. The van der Waals surface area contributed by atoms with Crippen molar-refractivity contribution in [2.45, 2.75) is 39.5 Å². The van der Waals surface area contributed by atoms with Crippen LogP contribution in [0.4, 0.5) is 5.69 Å². The first-order valence-corrected chi connectivity index (χ1v) is 8.24. The van der Waals surface area contributed by atoms with E-state index in [1.54, 1.807) is 0 Å². The van der Waals surface area contributed by atoms with Crippen molar-refractivity contribution in [3.8, 4) is 0 Å². The Labute approximate surface area is 144 Å². The van der Waals surface area contributed by atoms with Gasteiger partial charge in [0.15, 0.2) is 0 Å². The Bertz CT molecular complexity index is 867. The summed E-state index contributed by atoms with van der Waals surface area (Å²) in [6.45, 7) is 4.11. The van der Waals surface area contributed by atoms with Crippen LogP contribution >= 0.6 is 0 Å². The molecule has 0 radical (unpaired) electrons. The van der Waals surface area contributed by atoms with Gasteiger partial charge in [-0.15, -0.1) is 0 Å². The maximum Gasteiger partial charge on any atom is 0.365 e. The molecule has 0 amide bonds. The van der Waals surface area contributed by atoms with Crippen LogP contribution in [-0.4, -0.2) is 21.6 Å². The van der Waals surface area contributed by atoms with Crippen molar-refractivity contribution in [2.24, 2.45) is 5.16 Å². The van der Waals surface area contributed by atoms with Crippen LogP contribution in [0.2, 0.25) is 0 Å². The molecular weight excluding hydrogens is 322 g/mol. The molecule has 2 aromatic rings. The van der Waals surface area contributed by atoms with Crippen LogP contribution in [0.15, 0.2) is 29.4 Å². The quantitative estimate of drug-likeness (QED) is 0.521. The second kappa shape index (κ2) is 6.88. The Hall–Kier alpha value is -2.96. The zero-order valence-corrected chi connectivity index (χ0v) is 14.2. The molecule has 1 heterocycles. The van der Waals surface area contributed by atoms with E-state index < -0.39 is 10.9 Å². The Morgan fingerprint density at radius 1 is 1.40 bits per heavy atom. The summed E-state index contributed by atoms with van der Waals surface area (Å²) in [5.74, 6) is -0.700. The molecule has 0 bridgehead atoms. The number of non-ortho nitro benzene ring substituents is 1. The minimum Gasteiger partial charge on any atom is -0.362 e. The smallest absolute Gasteiger partial charge is 0.362 e. The summed E-state index contributed by atoms with van der Waals surface area (Å²) in [5.41, 5.74) is 5.20. The van der Waals surface area contributed by atoms with Crippen molar-refractivity contribution in [2.75, 3.05) is 0 Å². The van der Waals surface area contributed by atoms with Gasteiger partial charge in [-0.25, -0.2) is 4.79 Å². The minimum atomic E-state index is -0.700. The highest BCUT2D eigenvalue weighted by Gasteiger charge is 2.23. The fraction of sp³-hybridized carbons (Fsp3) is 0.333. The van der Waals surface area contributed by atoms with Crippen LogP contribution in [0.3, 0.4) is 0 Å². The number of rotatable bonds is 4. The topological polar surface area (TPSA) is 97.6 Å². The van der Waals surface area contributed by atoms with E-state index in [9.17, 15) is 14.9 Å². The lowest BCUT2D eigenvalue weighted by Gasteiger charge is -2.14. The number of nitro benzene ring substituents is 1. The highest BCUT2D eigenvalue weighted by molar-refractivity contribution is 6.04. The van der Waals surface area contributed by atoms with Gasteiger partial charge in [0.05, 0.1) is 16.2 Å². The van der Waals surface area contributed by atoms with E-state index in [0.29, 0.717) is 0 Å². The van der Waals surface area contributed by atoms with Crippen LogP contribution in [0, 0.1) is 17.0 Å². The molecule has 3 rings (SSSR count). The molecular formula is C18H19N3O4. The molecule has 7 heteroatoms. The molecule has 0 unspecified atom stereocenters. The number of fused-ring (bicyclic) bond motifs is 1. The van der Waals surface area contributed by atoms with Gasteiger partial charge in [-0.2, -0.15) is 0 Å². The molecule has 1 aromatic heterocycles. The van der Waals surface area contributed by atoms with Gasteiger partial charge in [-0.3, -0.25) is 10.1 Å².